The number of aliphatic hydroxyl groups excluding tert-OH is 1. The summed E-state index contributed by atoms with van der Waals surface area (Å²) in [6.45, 7) is 7.56. The Kier molecular flexibility index (Phi) is 5.66. The van der Waals surface area contributed by atoms with Gasteiger partial charge in [0.15, 0.2) is 0 Å². The van der Waals surface area contributed by atoms with Crippen molar-refractivity contribution in [1.82, 2.24) is 9.97 Å². The standard InChI is InChI=1S/C20H25N3OS/c1-13-7-8-16(11-14(13)2)17-15(3)25-20-18(17)19(22-12-23-20)21-9-5-4-6-10-24/h7-8,11-12,24H,4-6,9-10H2,1-3H3,(H,21,22,23). The van der Waals surface area contributed by atoms with Crippen LogP contribution >= 0.6 is 11.3 Å². The highest BCUT2D eigenvalue weighted by Crippen LogP contribution is 2.40. The summed E-state index contributed by atoms with van der Waals surface area (Å²) in [5, 5.41) is 13.5. The third-order valence-electron chi connectivity index (χ3n) is 4.59. The lowest BCUT2D eigenvalue weighted by molar-refractivity contribution is 0.283. The number of benzene rings is 1. The van der Waals surface area contributed by atoms with Gasteiger partial charge in [-0.3, -0.25) is 0 Å². The predicted octanol–water partition coefficient (Wildman–Crippen LogP) is 4.86. The van der Waals surface area contributed by atoms with Crippen LogP contribution in [-0.4, -0.2) is 28.2 Å². The topological polar surface area (TPSA) is 58.0 Å². The van der Waals surface area contributed by atoms with Gasteiger partial charge in [-0.1, -0.05) is 18.2 Å². The second kappa shape index (κ2) is 7.93. The van der Waals surface area contributed by atoms with Gasteiger partial charge in [0.05, 0.1) is 5.39 Å². The molecule has 0 bridgehead atoms. The number of aliphatic hydroxyl groups is 1. The number of nitrogens with one attached hydrogen (secondary N) is 1. The van der Waals surface area contributed by atoms with Crippen molar-refractivity contribution in [1.29, 1.82) is 0 Å². The Balaban J connectivity index is 1.97. The molecule has 0 aliphatic rings. The van der Waals surface area contributed by atoms with Crippen LogP contribution in [0.25, 0.3) is 21.3 Å². The molecule has 132 valence electrons. The zero-order valence-corrected chi connectivity index (χ0v) is 15.9. The summed E-state index contributed by atoms with van der Waals surface area (Å²) < 4.78 is 0. The molecular formula is C20H25N3OS. The van der Waals surface area contributed by atoms with Crippen molar-refractivity contribution in [2.45, 2.75) is 40.0 Å². The van der Waals surface area contributed by atoms with Crippen molar-refractivity contribution in [3.8, 4) is 11.1 Å². The van der Waals surface area contributed by atoms with Crippen LogP contribution < -0.4 is 5.32 Å². The average molecular weight is 356 g/mol. The molecule has 2 aromatic heterocycles. The molecule has 0 spiro atoms. The molecule has 0 aliphatic carbocycles. The minimum atomic E-state index is 0.262. The van der Waals surface area contributed by atoms with Gasteiger partial charge in [0, 0.05) is 23.6 Å². The largest absolute Gasteiger partial charge is 0.396 e. The van der Waals surface area contributed by atoms with Gasteiger partial charge in [0.2, 0.25) is 0 Å². The van der Waals surface area contributed by atoms with E-state index in [1.807, 2.05) is 0 Å². The van der Waals surface area contributed by atoms with Crippen molar-refractivity contribution in [2.24, 2.45) is 0 Å². The first kappa shape index (κ1) is 17.8. The summed E-state index contributed by atoms with van der Waals surface area (Å²) >= 11 is 1.72. The maximum absolute atomic E-state index is 8.89. The van der Waals surface area contributed by atoms with E-state index in [9.17, 15) is 0 Å². The van der Waals surface area contributed by atoms with Gasteiger partial charge < -0.3 is 10.4 Å². The number of anilines is 1. The summed E-state index contributed by atoms with van der Waals surface area (Å²) in [5.41, 5.74) is 5.07. The van der Waals surface area contributed by atoms with E-state index >= 15 is 0 Å². The predicted molar refractivity (Wildman–Crippen MR) is 106 cm³/mol. The SMILES string of the molecule is Cc1ccc(-c2c(C)sc3ncnc(NCCCCCO)c23)cc1C. The van der Waals surface area contributed by atoms with Crippen molar-refractivity contribution >= 4 is 27.4 Å². The monoisotopic (exact) mass is 355 g/mol. The molecule has 3 rings (SSSR count). The first-order valence-corrected chi connectivity index (χ1v) is 9.60. The average Bonchev–Trinajstić information content (AvgIpc) is 2.94. The molecular weight excluding hydrogens is 330 g/mol. The molecule has 2 heterocycles. The van der Waals surface area contributed by atoms with E-state index in [-0.39, 0.29) is 6.61 Å². The smallest absolute Gasteiger partial charge is 0.138 e. The Hall–Kier alpha value is -1.98. The Labute approximate surface area is 153 Å². The Morgan fingerprint density at radius 2 is 1.88 bits per heavy atom. The number of hydrogen-bond acceptors (Lipinski definition) is 5. The number of aryl methyl sites for hydroxylation is 3. The van der Waals surface area contributed by atoms with E-state index in [0.717, 1.165) is 41.8 Å². The van der Waals surface area contributed by atoms with Gasteiger partial charge in [0.1, 0.15) is 17.0 Å². The number of rotatable bonds is 7. The van der Waals surface area contributed by atoms with Crippen molar-refractivity contribution < 1.29 is 5.11 Å². The molecule has 3 aromatic rings. The maximum atomic E-state index is 8.89. The molecule has 0 saturated heterocycles. The summed E-state index contributed by atoms with van der Waals surface area (Å²) in [7, 11) is 0. The molecule has 5 heteroatoms. The maximum Gasteiger partial charge on any atom is 0.138 e. The van der Waals surface area contributed by atoms with Crippen LogP contribution in [0.5, 0.6) is 0 Å². The molecule has 0 unspecified atom stereocenters. The quantitative estimate of drug-likeness (QED) is 0.594. The Morgan fingerprint density at radius 3 is 2.64 bits per heavy atom. The molecule has 1 aromatic carbocycles. The fourth-order valence-corrected chi connectivity index (χ4v) is 4.06. The molecule has 25 heavy (non-hydrogen) atoms. The highest BCUT2D eigenvalue weighted by Gasteiger charge is 2.16. The molecule has 0 atom stereocenters. The van der Waals surface area contributed by atoms with Crippen LogP contribution in [0.15, 0.2) is 24.5 Å². The second-order valence-corrected chi connectivity index (χ2v) is 7.65. The van der Waals surface area contributed by atoms with E-state index in [1.54, 1.807) is 17.7 Å². The summed E-state index contributed by atoms with van der Waals surface area (Å²) in [6.07, 6.45) is 4.53. The normalized spacial score (nSPS) is 11.2. The van der Waals surface area contributed by atoms with Crippen LogP contribution in [-0.2, 0) is 0 Å². The molecule has 0 aliphatic heterocycles. The minimum Gasteiger partial charge on any atom is -0.396 e. The molecule has 4 nitrogen and oxygen atoms in total. The number of unbranched alkanes of at least 4 members (excludes halogenated alkanes) is 2. The number of nitrogens with zero attached hydrogens (tertiary/aromatic N) is 2. The van der Waals surface area contributed by atoms with E-state index in [2.05, 4.69) is 54.3 Å². The third kappa shape index (κ3) is 3.83. The fourth-order valence-electron chi connectivity index (χ4n) is 3.04. The molecule has 0 radical (unpaired) electrons. The van der Waals surface area contributed by atoms with E-state index in [4.69, 9.17) is 5.11 Å². The molecule has 2 N–H and O–H groups in total. The number of fused-ring (bicyclic) bond motifs is 1. The van der Waals surface area contributed by atoms with Crippen LogP contribution in [0.2, 0.25) is 0 Å². The number of aromatic nitrogens is 2. The second-order valence-electron chi connectivity index (χ2n) is 6.45. The van der Waals surface area contributed by atoms with Crippen LogP contribution in [0.1, 0.15) is 35.3 Å². The van der Waals surface area contributed by atoms with Gasteiger partial charge in [-0.2, -0.15) is 0 Å². The lowest BCUT2D eigenvalue weighted by Gasteiger charge is -2.10. The van der Waals surface area contributed by atoms with Crippen LogP contribution in [0.3, 0.4) is 0 Å². The minimum absolute atomic E-state index is 0.262. The van der Waals surface area contributed by atoms with Gasteiger partial charge in [0.25, 0.3) is 0 Å². The van der Waals surface area contributed by atoms with Gasteiger partial charge >= 0.3 is 0 Å². The van der Waals surface area contributed by atoms with Crippen molar-refractivity contribution in [3.63, 3.8) is 0 Å². The van der Waals surface area contributed by atoms with Crippen LogP contribution in [0, 0.1) is 20.8 Å². The molecule has 0 saturated carbocycles. The van der Waals surface area contributed by atoms with Crippen molar-refractivity contribution in [3.05, 3.63) is 40.5 Å². The van der Waals surface area contributed by atoms with Crippen molar-refractivity contribution in [2.75, 3.05) is 18.5 Å². The third-order valence-corrected chi connectivity index (χ3v) is 5.60. The van der Waals surface area contributed by atoms with Gasteiger partial charge in [-0.05, 0) is 56.7 Å². The highest BCUT2D eigenvalue weighted by molar-refractivity contribution is 7.19. The summed E-state index contributed by atoms with van der Waals surface area (Å²) in [6, 6.07) is 6.62. The fraction of sp³-hybridized carbons (Fsp3) is 0.400. The zero-order chi connectivity index (χ0) is 17.8. The first-order valence-electron chi connectivity index (χ1n) is 8.78. The lowest BCUT2D eigenvalue weighted by Crippen LogP contribution is -2.04. The van der Waals surface area contributed by atoms with E-state index in [0.29, 0.717) is 0 Å². The zero-order valence-electron chi connectivity index (χ0n) is 15.1. The van der Waals surface area contributed by atoms with Crippen LogP contribution in [0.4, 0.5) is 5.82 Å². The van der Waals surface area contributed by atoms with E-state index in [1.165, 1.54) is 27.1 Å². The summed E-state index contributed by atoms with van der Waals surface area (Å²) in [5.74, 6) is 0.909. The van der Waals surface area contributed by atoms with E-state index < -0.39 is 0 Å². The first-order chi connectivity index (χ1) is 12.1. The lowest BCUT2D eigenvalue weighted by atomic mass is 9.99. The van der Waals surface area contributed by atoms with Gasteiger partial charge in [-0.15, -0.1) is 11.3 Å². The van der Waals surface area contributed by atoms with Gasteiger partial charge in [-0.25, -0.2) is 9.97 Å². The number of thiophene rings is 1. The molecule has 0 amide bonds. The molecule has 0 fully saturated rings. The summed E-state index contributed by atoms with van der Waals surface area (Å²) in [4.78, 5) is 11.3. The highest BCUT2D eigenvalue weighted by atomic mass is 32.1. The Bertz CT molecular complexity index is 873. The Morgan fingerprint density at radius 1 is 1.04 bits per heavy atom. The number of hydrogen-bond donors (Lipinski definition) is 2.